The summed E-state index contributed by atoms with van der Waals surface area (Å²) >= 11 is 0. The molecular weight excluding hydrogens is 182 g/mol. The first-order valence-corrected chi connectivity index (χ1v) is 6.81. The van der Waals surface area contributed by atoms with Crippen LogP contribution in [0.1, 0.15) is 66.2 Å². The first kappa shape index (κ1) is 15.0. The minimum Gasteiger partial charge on any atom is -0.317 e. The van der Waals surface area contributed by atoms with Crippen LogP contribution in [0, 0.1) is 11.8 Å². The maximum Gasteiger partial charge on any atom is 0.00691 e. The molecule has 0 spiro atoms. The molecular formula is C14H31N. The van der Waals surface area contributed by atoms with E-state index in [1.54, 1.807) is 0 Å². The van der Waals surface area contributed by atoms with Crippen LogP contribution in [-0.2, 0) is 0 Å². The predicted molar refractivity (Wildman–Crippen MR) is 70.2 cm³/mol. The van der Waals surface area contributed by atoms with Crippen molar-refractivity contribution in [3.8, 4) is 0 Å². The lowest BCUT2D eigenvalue weighted by Crippen LogP contribution is -2.29. The van der Waals surface area contributed by atoms with Gasteiger partial charge >= 0.3 is 0 Å². The van der Waals surface area contributed by atoms with Gasteiger partial charge in [-0.05, 0) is 31.7 Å². The number of hydrogen-bond acceptors (Lipinski definition) is 1. The van der Waals surface area contributed by atoms with E-state index in [0.717, 1.165) is 17.9 Å². The maximum absolute atomic E-state index is 3.48. The van der Waals surface area contributed by atoms with Crippen LogP contribution in [0.25, 0.3) is 0 Å². The molecule has 92 valence electrons. The molecule has 0 radical (unpaired) electrons. The molecule has 0 amide bonds. The lowest BCUT2D eigenvalue weighted by atomic mass is 9.90. The Kier molecular flexibility index (Phi) is 9.18. The van der Waals surface area contributed by atoms with Gasteiger partial charge in [-0.1, -0.05) is 53.4 Å². The number of nitrogens with one attached hydrogen (secondary N) is 1. The van der Waals surface area contributed by atoms with Crippen molar-refractivity contribution in [3.05, 3.63) is 0 Å². The summed E-state index contributed by atoms with van der Waals surface area (Å²) in [6, 6.07) is 0.730. The first-order chi connectivity index (χ1) is 7.13. The highest BCUT2D eigenvalue weighted by molar-refractivity contribution is 4.71. The van der Waals surface area contributed by atoms with Crippen molar-refractivity contribution in [1.29, 1.82) is 0 Å². The lowest BCUT2D eigenvalue weighted by molar-refractivity contribution is 0.334. The number of hydrogen-bond donors (Lipinski definition) is 1. The van der Waals surface area contributed by atoms with Gasteiger partial charge in [0.2, 0.25) is 0 Å². The van der Waals surface area contributed by atoms with E-state index < -0.39 is 0 Å². The van der Waals surface area contributed by atoms with E-state index in [4.69, 9.17) is 0 Å². The van der Waals surface area contributed by atoms with Crippen LogP contribution in [0.2, 0.25) is 0 Å². The average Bonchev–Trinajstić information content (AvgIpc) is 2.17. The Bertz CT molecular complexity index is 119. The topological polar surface area (TPSA) is 12.0 Å². The van der Waals surface area contributed by atoms with Crippen molar-refractivity contribution in [2.45, 2.75) is 72.3 Å². The van der Waals surface area contributed by atoms with Crippen LogP contribution in [0.5, 0.6) is 0 Å². The van der Waals surface area contributed by atoms with E-state index >= 15 is 0 Å². The molecule has 1 nitrogen and oxygen atoms in total. The van der Waals surface area contributed by atoms with Gasteiger partial charge < -0.3 is 5.32 Å². The normalized spacial score (nSPS) is 17.4. The Balaban J connectivity index is 3.80. The van der Waals surface area contributed by atoms with Crippen LogP contribution in [0.4, 0.5) is 0 Å². The molecule has 0 aliphatic carbocycles. The van der Waals surface area contributed by atoms with E-state index in [-0.39, 0.29) is 0 Å². The second kappa shape index (κ2) is 9.21. The number of rotatable bonds is 9. The van der Waals surface area contributed by atoms with Crippen molar-refractivity contribution in [1.82, 2.24) is 5.32 Å². The molecule has 0 heterocycles. The molecule has 0 saturated carbocycles. The van der Waals surface area contributed by atoms with Crippen LogP contribution < -0.4 is 5.32 Å². The van der Waals surface area contributed by atoms with Crippen molar-refractivity contribution in [3.63, 3.8) is 0 Å². The van der Waals surface area contributed by atoms with Crippen molar-refractivity contribution in [2.24, 2.45) is 11.8 Å². The molecule has 2 atom stereocenters. The zero-order valence-corrected chi connectivity index (χ0v) is 11.5. The predicted octanol–water partition coefficient (Wildman–Crippen LogP) is 4.23. The van der Waals surface area contributed by atoms with E-state index in [1.165, 1.54) is 38.5 Å². The molecule has 0 aromatic heterocycles. The third-order valence-electron chi connectivity index (χ3n) is 3.34. The summed E-state index contributed by atoms with van der Waals surface area (Å²) in [5.41, 5.74) is 0. The Morgan fingerprint density at radius 2 is 1.27 bits per heavy atom. The summed E-state index contributed by atoms with van der Waals surface area (Å²) in [7, 11) is 2.11. The van der Waals surface area contributed by atoms with Gasteiger partial charge in [0.1, 0.15) is 0 Å². The molecule has 0 bridgehead atoms. The summed E-state index contributed by atoms with van der Waals surface area (Å²) in [5, 5.41) is 3.48. The maximum atomic E-state index is 3.48. The van der Waals surface area contributed by atoms with Crippen LogP contribution in [0.3, 0.4) is 0 Å². The Morgan fingerprint density at radius 1 is 0.867 bits per heavy atom. The summed E-state index contributed by atoms with van der Waals surface area (Å²) in [5.74, 6) is 1.75. The molecule has 0 rings (SSSR count). The summed E-state index contributed by atoms with van der Waals surface area (Å²) in [6.45, 7) is 9.34. The van der Waals surface area contributed by atoms with E-state index in [1.807, 2.05) is 0 Å². The SMILES string of the molecule is CCCC(C)CC(CC(C)CCC)NC. The monoisotopic (exact) mass is 213 g/mol. The van der Waals surface area contributed by atoms with E-state index in [2.05, 4.69) is 40.1 Å². The molecule has 15 heavy (non-hydrogen) atoms. The summed E-state index contributed by atoms with van der Waals surface area (Å²) < 4.78 is 0. The van der Waals surface area contributed by atoms with Gasteiger partial charge in [0.15, 0.2) is 0 Å². The molecule has 0 aliphatic rings. The fraction of sp³-hybridized carbons (Fsp3) is 1.00. The molecule has 2 unspecified atom stereocenters. The van der Waals surface area contributed by atoms with E-state index in [0.29, 0.717) is 0 Å². The molecule has 0 aromatic rings. The zero-order chi connectivity index (χ0) is 11.7. The van der Waals surface area contributed by atoms with Crippen molar-refractivity contribution < 1.29 is 0 Å². The Morgan fingerprint density at radius 3 is 1.53 bits per heavy atom. The zero-order valence-electron chi connectivity index (χ0n) is 11.5. The Hall–Kier alpha value is -0.0400. The van der Waals surface area contributed by atoms with Gasteiger partial charge in [-0.3, -0.25) is 0 Å². The van der Waals surface area contributed by atoms with Crippen LogP contribution in [-0.4, -0.2) is 13.1 Å². The Labute approximate surface area is 97.0 Å². The van der Waals surface area contributed by atoms with E-state index in [9.17, 15) is 0 Å². The van der Waals surface area contributed by atoms with Crippen LogP contribution >= 0.6 is 0 Å². The molecule has 0 aromatic carbocycles. The lowest BCUT2D eigenvalue weighted by Gasteiger charge is -2.23. The van der Waals surface area contributed by atoms with Gasteiger partial charge in [0.05, 0.1) is 0 Å². The average molecular weight is 213 g/mol. The largest absolute Gasteiger partial charge is 0.317 e. The van der Waals surface area contributed by atoms with Crippen molar-refractivity contribution in [2.75, 3.05) is 7.05 Å². The molecule has 1 N–H and O–H groups in total. The second-order valence-electron chi connectivity index (χ2n) is 5.24. The highest BCUT2D eigenvalue weighted by atomic mass is 14.9. The molecule has 0 fully saturated rings. The summed E-state index contributed by atoms with van der Waals surface area (Å²) in [6.07, 6.45) is 8.09. The first-order valence-electron chi connectivity index (χ1n) is 6.81. The van der Waals surface area contributed by atoms with Crippen LogP contribution in [0.15, 0.2) is 0 Å². The highest BCUT2D eigenvalue weighted by Crippen LogP contribution is 2.19. The quantitative estimate of drug-likeness (QED) is 0.604. The van der Waals surface area contributed by atoms with Gasteiger partial charge in [-0.15, -0.1) is 0 Å². The fourth-order valence-corrected chi connectivity index (χ4v) is 2.52. The smallest absolute Gasteiger partial charge is 0.00691 e. The third kappa shape index (κ3) is 7.84. The molecule has 1 heteroatoms. The third-order valence-corrected chi connectivity index (χ3v) is 3.34. The van der Waals surface area contributed by atoms with Gasteiger partial charge in [-0.25, -0.2) is 0 Å². The minimum absolute atomic E-state index is 0.730. The fourth-order valence-electron chi connectivity index (χ4n) is 2.52. The molecule has 0 aliphatic heterocycles. The van der Waals surface area contributed by atoms with Crippen molar-refractivity contribution >= 4 is 0 Å². The highest BCUT2D eigenvalue weighted by Gasteiger charge is 2.13. The van der Waals surface area contributed by atoms with Gasteiger partial charge in [0.25, 0.3) is 0 Å². The standard InChI is InChI=1S/C14H31N/c1-6-8-12(3)10-14(15-5)11-13(4)9-7-2/h12-15H,6-11H2,1-5H3. The van der Waals surface area contributed by atoms with Gasteiger partial charge in [-0.2, -0.15) is 0 Å². The molecule has 0 saturated heterocycles. The second-order valence-corrected chi connectivity index (χ2v) is 5.24. The van der Waals surface area contributed by atoms with Gasteiger partial charge in [0, 0.05) is 6.04 Å². The summed E-state index contributed by atoms with van der Waals surface area (Å²) in [4.78, 5) is 0. The minimum atomic E-state index is 0.730.